The zero-order valence-electron chi connectivity index (χ0n) is 63.5. The first-order valence-electron chi connectivity index (χ1n) is 40.4. The SMILES string of the molecule is CCCCCCCCCCCCCCCCCCCCCC(=O)O[C@H](COC(=O)CCCCCCCCCCCCC(C)CC)COP(=O)(O)OC[C@@H](O)COP(=O)(O)OC[C@@H](COC(=O)CCCCCCCCCCC(C)CC)OC(=O)CCCCCCCCCCCC(C)C. The molecule has 0 saturated carbocycles. The molecule has 0 saturated heterocycles. The van der Waals surface area contributed by atoms with E-state index in [1.54, 1.807) is 0 Å². The first-order chi connectivity index (χ1) is 46.8. The molecule has 3 N–H and O–H groups in total. The molecule has 4 unspecified atom stereocenters. The molecule has 7 atom stereocenters. The lowest BCUT2D eigenvalue weighted by Crippen LogP contribution is -2.30. The summed E-state index contributed by atoms with van der Waals surface area (Å²) in [6.07, 6.45) is 55.4. The maximum Gasteiger partial charge on any atom is 0.472 e. The maximum atomic E-state index is 13.1. The summed E-state index contributed by atoms with van der Waals surface area (Å²) in [4.78, 5) is 72.9. The highest BCUT2D eigenvalue weighted by Gasteiger charge is 2.30. The van der Waals surface area contributed by atoms with Gasteiger partial charge in [-0.2, -0.15) is 0 Å². The smallest absolute Gasteiger partial charge is 0.462 e. The van der Waals surface area contributed by atoms with Crippen LogP contribution in [0.5, 0.6) is 0 Å². The van der Waals surface area contributed by atoms with E-state index in [2.05, 4.69) is 48.5 Å². The van der Waals surface area contributed by atoms with Crippen molar-refractivity contribution in [1.29, 1.82) is 0 Å². The second kappa shape index (κ2) is 68.5. The number of esters is 4. The predicted molar refractivity (Wildman–Crippen MR) is 395 cm³/mol. The molecule has 0 spiro atoms. The first kappa shape index (κ1) is 95.1. The molecule has 0 rings (SSSR count). The number of hydrogen-bond acceptors (Lipinski definition) is 15. The largest absolute Gasteiger partial charge is 0.472 e. The van der Waals surface area contributed by atoms with E-state index in [9.17, 15) is 43.2 Å². The van der Waals surface area contributed by atoms with Gasteiger partial charge in [0.15, 0.2) is 12.2 Å². The second-order valence-corrected chi connectivity index (χ2v) is 32.0. The predicted octanol–water partition coefficient (Wildman–Crippen LogP) is 23.0. The molecule has 0 aliphatic carbocycles. The lowest BCUT2D eigenvalue weighted by molar-refractivity contribution is -0.161. The number of aliphatic hydroxyl groups excluding tert-OH is 1. The molecule has 0 aromatic heterocycles. The minimum absolute atomic E-state index is 0.105. The van der Waals surface area contributed by atoms with Gasteiger partial charge in [0.1, 0.15) is 19.3 Å². The highest BCUT2D eigenvalue weighted by molar-refractivity contribution is 7.47. The van der Waals surface area contributed by atoms with Gasteiger partial charge in [-0.1, -0.05) is 350 Å². The summed E-state index contributed by atoms with van der Waals surface area (Å²) in [5, 5.41) is 10.6. The van der Waals surface area contributed by atoms with Gasteiger partial charge in [0.25, 0.3) is 0 Å². The third-order valence-electron chi connectivity index (χ3n) is 18.9. The molecular formula is C78H152O17P2. The zero-order chi connectivity index (χ0) is 71.6. The quantitative estimate of drug-likeness (QED) is 0.0222. The van der Waals surface area contributed by atoms with E-state index in [0.29, 0.717) is 25.7 Å². The molecule has 19 heteroatoms. The van der Waals surface area contributed by atoms with Crippen molar-refractivity contribution in [2.24, 2.45) is 17.8 Å². The average Bonchev–Trinajstić information content (AvgIpc) is 1.09. The summed E-state index contributed by atoms with van der Waals surface area (Å²) in [7, 11) is -9.92. The van der Waals surface area contributed by atoms with Crippen molar-refractivity contribution < 1.29 is 80.2 Å². The Balaban J connectivity index is 5.25. The number of carbonyl (C=O) groups is 4. The second-order valence-electron chi connectivity index (χ2n) is 29.1. The van der Waals surface area contributed by atoms with Gasteiger partial charge < -0.3 is 33.8 Å². The van der Waals surface area contributed by atoms with E-state index in [-0.39, 0.29) is 25.7 Å². The molecule has 0 bridgehead atoms. The molecule has 17 nitrogen and oxygen atoms in total. The van der Waals surface area contributed by atoms with Crippen molar-refractivity contribution in [2.45, 2.75) is 420 Å². The summed E-state index contributed by atoms with van der Waals surface area (Å²) in [6.45, 7) is 11.9. The fourth-order valence-corrected chi connectivity index (χ4v) is 13.5. The number of carbonyl (C=O) groups excluding carboxylic acids is 4. The third-order valence-corrected chi connectivity index (χ3v) is 20.8. The Hall–Kier alpha value is -1.94. The van der Waals surface area contributed by atoms with Crippen LogP contribution in [0.4, 0.5) is 0 Å². The lowest BCUT2D eigenvalue weighted by Gasteiger charge is -2.21. The van der Waals surface area contributed by atoms with Crippen LogP contribution in [0.25, 0.3) is 0 Å². The van der Waals surface area contributed by atoms with Crippen LogP contribution in [0.2, 0.25) is 0 Å². The normalized spacial score (nSPS) is 14.6. The molecule has 576 valence electrons. The average molecular weight is 1420 g/mol. The van der Waals surface area contributed by atoms with Gasteiger partial charge in [-0.25, -0.2) is 9.13 Å². The van der Waals surface area contributed by atoms with E-state index in [1.807, 2.05) is 0 Å². The Morgan fingerprint density at radius 3 is 0.784 bits per heavy atom. The fourth-order valence-electron chi connectivity index (χ4n) is 11.9. The lowest BCUT2D eigenvalue weighted by atomic mass is 9.99. The summed E-state index contributed by atoms with van der Waals surface area (Å²) in [6, 6.07) is 0. The number of ether oxygens (including phenoxy) is 4. The summed E-state index contributed by atoms with van der Waals surface area (Å²) < 4.78 is 68.6. The minimum atomic E-state index is -4.96. The van der Waals surface area contributed by atoms with Gasteiger partial charge in [-0.3, -0.25) is 37.3 Å². The van der Waals surface area contributed by atoms with Crippen molar-refractivity contribution >= 4 is 39.5 Å². The molecule has 0 aromatic carbocycles. The van der Waals surface area contributed by atoms with Gasteiger partial charge in [0, 0.05) is 25.7 Å². The Labute approximate surface area is 594 Å². The molecule has 0 heterocycles. The monoisotopic (exact) mass is 1420 g/mol. The molecule has 0 aromatic rings. The van der Waals surface area contributed by atoms with Crippen molar-refractivity contribution in [1.82, 2.24) is 0 Å². The summed E-state index contributed by atoms with van der Waals surface area (Å²) in [5.74, 6) is 0.207. The highest BCUT2D eigenvalue weighted by Crippen LogP contribution is 2.45. The van der Waals surface area contributed by atoms with Crippen molar-refractivity contribution in [3.05, 3.63) is 0 Å². The van der Waals surface area contributed by atoms with E-state index < -0.39 is 97.5 Å². The van der Waals surface area contributed by atoms with Crippen LogP contribution in [0.3, 0.4) is 0 Å². The number of hydrogen-bond donors (Lipinski definition) is 3. The maximum absolute atomic E-state index is 13.1. The summed E-state index contributed by atoms with van der Waals surface area (Å²) >= 11 is 0. The highest BCUT2D eigenvalue weighted by atomic mass is 31.2. The van der Waals surface area contributed by atoms with Crippen LogP contribution in [0.15, 0.2) is 0 Å². The van der Waals surface area contributed by atoms with Crippen LogP contribution in [-0.4, -0.2) is 96.7 Å². The van der Waals surface area contributed by atoms with Gasteiger partial charge in [-0.15, -0.1) is 0 Å². The first-order valence-corrected chi connectivity index (χ1v) is 43.4. The third kappa shape index (κ3) is 69.5. The van der Waals surface area contributed by atoms with Crippen molar-refractivity contribution in [3.63, 3.8) is 0 Å². The number of unbranched alkanes of at least 4 members (excludes halogenated alkanes) is 42. The Morgan fingerprint density at radius 1 is 0.299 bits per heavy atom. The topological polar surface area (TPSA) is 237 Å². The van der Waals surface area contributed by atoms with E-state index >= 15 is 0 Å². The molecular weight excluding hydrogens is 1270 g/mol. The standard InChI is InChI=1S/C78H152O17P2/c1-8-11-12-13-14-15-16-17-18-19-20-21-22-23-24-31-40-47-54-61-77(82)94-73(65-88-75(80)59-52-45-38-30-26-25-29-36-43-50-57-70(6)9-2)67-92-96(84,85)90-63-72(79)64-91-97(86,87)93-68-74(95-78(83)62-55-48-41-32-27-28-35-42-49-56-69(4)5)66-89-76(81)60-53-46-39-34-33-37-44-51-58-71(7)10-3/h69-74,79H,8-68H2,1-7H3,(H,84,85)(H,86,87)/t70?,71?,72-,73-,74-/m1/s1. The van der Waals surface area contributed by atoms with Gasteiger partial charge >= 0.3 is 39.5 Å². The number of rotatable bonds is 76. The van der Waals surface area contributed by atoms with Crippen molar-refractivity contribution in [2.75, 3.05) is 39.6 Å². The molecule has 0 amide bonds. The van der Waals surface area contributed by atoms with Crippen molar-refractivity contribution in [3.8, 4) is 0 Å². The van der Waals surface area contributed by atoms with Gasteiger partial charge in [0.05, 0.1) is 26.4 Å². The van der Waals surface area contributed by atoms with Crippen LogP contribution in [-0.2, 0) is 65.4 Å². The van der Waals surface area contributed by atoms with Gasteiger partial charge in [-0.05, 0) is 43.4 Å². The van der Waals surface area contributed by atoms with Crippen LogP contribution < -0.4 is 0 Å². The molecule has 0 aliphatic heterocycles. The summed E-state index contributed by atoms with van der Waals surface area (Å²) in [5.41, 5.74) is 0. The van der Waals surface area contributed by atoms with Crippen LogP contribution in [0.1, 0.15) is 402 Å². The van der Waals surface area contributed by atoms with E-state index in [0.717, 1.165) is 108 Å². The molecule has 0 fully saturated rings. The van der Waals surface area contributed by atoms with E-state index in [4.69, 9.17) is 37.0 Å². The Kier molecular flexibility index (Phi) is 67.1. The van der Waals surface area contributed by atoms with E-state index in [1.165, 1.54) is 212 Å². The van der Waals surface area contributed by atoms with Crippen LogP contribution >= 0.6 is 15.6 Å². The Bertz CT molecular complexity index is 1890. The number of phosphoric acid groups is 2. The number of phosphoric ester groups is 2. The zero-order valence-corrected chi connectivity index (χ0v) is 65.3. The van der Waals surface area contributed by atoms with Crippen LogP contribution in [0, 0.1) is 17.8 Å². The minimum Gasteiger partial charge on any atom is -0.462 e. The number of aliphatic hydroxyl groups is 1. The van der Waals surface area contributed by atoms with Gasteiger partial charge in [0.2, 0.25) is 0 Å². The molecule has 0 aliphatic rings. The Morgan fingerprint density at radius 2 is 0.526 bits per heavy atom. The fraction of sp³-hybridized carbons (Fsp3) is 0.949. The molecule has 97 heavy (non-hydrogen) atoms. The molecule has 0 radical (unpaired) electrons.